The fourth-order valence-corrected chi connectivity index (χ4v) is 1.11. The van der Waals surface area contributed by atoms with Crippen LogP contribution in [0.1, 0.15) is 40.6 Å². The molecule has 0 saturated heterocycles. The van der Waals surface area contributed by atoms with Crippen LogP contribution in [-0.4, -0.2) is 10.9 Å². The second-order valence-corrected chi connectivity index (χ2v) is 3.23. The van der Waals surface area contributed by atoms with Gasteiger partial charge in [-0.25, -0.2) is 4.98 Å². The number of hydrogen-bond donors (Lipinski definition) is 1. The molecule has 104 valence electrons. The second kappa shape index (κ2) is 7.68. The predicted molar refractivity (Wildman–Crippen MR) is 66.2 cm³/mol. The normalized spacial score (nSPS) is 10.3. The Hall–Kier alpha value is -1.59. The summed E-state index contributed by atoms with van der Waals surface area (Å²) in [5.41, 5.74) is -0.825. The lowest BCUT2D eigenvalue weighted by atomic mass is 10.2. The summed E-state index contributed by atoms with van der Waals surface area (Å²) in [4.78, 5) is 14.8. The Labute approximate surface area is 106 Å². The summed E-state index contributed by atoms with van der Waals surface area (Å²) in [5.74, 6) is -0.414. The Kier molecular flexibility index (Phi) is 7.00. The van der Waals surface area contributed by atoms with Gasteiger partial charge in [0.1, 0.15) is 5.82 Å². The van der Waals surface area contributed by atoms with Crippen LogP contribution in [0.2, 0.25) is 0 Å². The van der Waals surface area contributed by atoms with Crippen LogP contribution in [0.5, 0.6) is 0 Å². The van der Waals surface area contributed by atoms with Crippen LogP contribution < -0.4 is 5.32 Å². The average molecular weight is 264 g/mol. The van der Waals surface area contributed by atoms with Gasteiger partial charge in [0.15, 0.2) is 0 Å². The Bertz CT molecular complexity index is 383. The highest BCUT2D eigenvalue weighted by Crippen LogP contribution is 2.29. The number of hydrogen-bond acceptors (Lipinski definition) is 2. The van der Waals surface area contributed by atoms with E-state index in [1.165, 1.54) is 0 Å². The van der Waals surface area contributed by atoms with Gasteiger partial charge >= 0.3 is 6.18 Å². The summed E-state index contributed by atoms with van der Waals surface area (Å²) in [5, 5.41) is 2.31. The smallest absolute Gasteiger partial charge is 0.311 e. The van der Waals surface area contributed by atoms with Gasteiger partial charge in [-0.15, -0.1) is 0 Å². The Balaban J connectivity index is 0. The number of nitrogens with zero attached hydrogens (tertiary/aromatic N) is 1. The van der Waals surface area contributed by atoms with Crippen LogP contribution in [0, 0.1) is 0 Å². The molecule has 1 amide bonds. The van der Waals surface area contributed by atoms with Gasteiger partial charge in [0, 0.05) is 14.0 Å². The highest BCUT2D eigenvalue weighted by Gasteiger charge is 2.30. The lowest BCUT2D eigenvalue weighted by Gasteiger charge is -2.08. The molecule has 1 aromatic rings. The van der Waals surface area contributed by atoms with E-state index in [0.717, 1.165) is 18.3 Å². The fraction of sp³-hybridized carbons (Fsp3) is 0.500. The maximum atomic E-state index is 12.3. The van der Waals surface area contributed by atoms with E-state index in [1.54, 1.807) is 6.92 Å². The van der Waals surface area contributed by atoms with Crippen molar-refractivity contribution >= 4 is 11.7 Å². The summed E-state index contributed by atoms with van der Waals surface area (Å²) in [6.07, 6.45) is -2.51. The molecule has 0 atom stereocenters. The molecule has 0 aliphatic carbocycles. The quantitative estimate of drug-likeness (QED) is 0.892. The molecule has 0 aliphatic heterocycles. The zero-order valence-electron chi connectivity index (χ0n) is 10.6. The van der Waals surface area contributed by atoms with Gasteiger partial charge in [-0.1, -0.05) is 20.8 Å². The zero-order chi connectivity index (χ0) is 14.2. The van der Waals surface area contributed by atoms with Gasteiger partial charge in [-0.05, 0) is 18.6 Å². The lowest BCUT2D eigenvalue weighted by molar-refractivity contribution is -0.137. The molecule has 0 bridgehead atoms. The van der Waals surface area contributed by atoms with Crippen molar-refractivity contribution in [3.05, 3.63) is 23.9 Å². The Morgan fingerprint density at radius 3 is 2.56 bits per heavy atom. The number of rotatable bonds is 3. The van der Waals surface area contributed by atoms with Gasteiger partial charge in [0.2, 0.25) is 5.91 Å². The molecule has 0 unspecified atom stereocenters. The molecule has 3 nitrogen and oxygen atoms in total. The summed E-state index contributed by atoms with van der Waals surface area (Å²) in [6, 6.07) is 1.67. The molecule has 1 heterocycles. The number of alkyl halides is 3. The number of anilines is 1. The monoisotopic (exact) mass is 264 g/mol. The summed E-state index contributed by atoms with van der Waals surface area (Å²) >= 11 is 0. The molecule has 0 aromatic carbocycles. The number of pyridine rings is 1. The van der Waals surface area contributed by atoms with E-state index in [2.05, 4.69) is 10.3 Å². The van der Waals surface area contributed by atoms with Crippen LogP contribution in [0.4, 0.5) is 19.0 Å². The SMILES string of the molecule is CC.CCCC(=O)Nc1cc(C(F)(F)F)ccn1.[HH]. The minimum absolute atomic E-state index is 0. The van der Waals surface area contributed by atoms with E-state index in [4.69, 9.17) is 0 Å². The summed E-state index contributed by atoms with van der Waals surface area (Å²) < 4.78 is 36.9. The standard InChI is InChI=1S/C10H11F3N2O.C2H6.H2/c1-2-3-9(16)15-8-6-7(4-5-14-8)10(11,12)13;1-2;/h4-6H,2-3H2,1H3,(H,14,15,16);1-2H3;1H. The van der Waals surface area contributed by atoms with E-state index in [-0.39, 0.29) is 19.6 Å². The predicted octanol–water partition coefficient (Wildman–Crippen LogP) is 4.11. The van der Waals surface area contributed by atoms with E-state index >= 15 is 0 Å². The van der Waals surface area contributed by atoms with Crippen LogP contribution in [0.15, 0.2) is 18.3 Å². The number of carbonyl (C=O) groups is 1. The molecule has 0 aliphatic rings. The van der Waals surface area contributed by atoms with Crippen molar-refractivity contribution in [3.8, 4) is 0 Å². The third-order valence-corrected chi connectivity index (χ3v) is 1.83. The Morgan fingerprint density at radius 1 is 1.44 bits per heavy atom. The van der Waals surface area contributed by atoms with E-state index in [9.17, 15) is 18.0 Å². The van der Waals surface area contributed by atoms with Crippen LogP contribution >= 0.6 is 0 Å². The van der Waals surface area contributed by atoms with E-state index < -0.39 is 11.7 Å². The van der Waals surface area contributed by atoms with Crippen molar-refractivity contribution in [2.24, 2.45) is 0 Å². The molecule has 0 fully saturated rings. The maximum absolute atomic E-state index is 12.3. The minimum atomic E-state index is -4.42. The van der Waals surface area contributed by atoms with Crippen molar-refractivity contribution in [2.45, 2.75) is 39.8 Å². The number of nitrogens with one attached hydrogen (secondary N) is 1. The van der Waals surface area contributed by atoms with Crippen molar-refractivity contribution < 1.29 is 19.4 Å². The molecule has 1 N–H and O–H groups in total. The van der Waals surface area contributed by atoms with Crippen molar-refractivity contribution in [1.29, 1.82) is 0 Å². The first kappa shape index (κ1) is 16.4. The van der Waals surface area contributed by atoms with Gasteiger partial charge in [-0.3, -0.25) is 4.79 Å². The Morgan fingerprint density at radius 2 is 2.06 bits per heavy atom. The molecular weight excluding hydrogens is 245 g/mol. The zero-order valence-corrected chi connectivity index (χ0v) is 10.6. The van der Waals surface area contributed by atoms with Crippen LogP contribution in [0.3, 0.4) is 0 Å². The highest BCUT2D eigenvalue weighted by atomic mass is 19.4. The first-order valence-corrected chi connectivity index (χ1v) is 5.76. The fourth-order valence-electron chi connectivity index (χ4n) is 1.11. The van der Waals surface area contributed by atoms with E-state index in [1.807, 2.05) is 13.8 Å². The molecule has 0 radical (unpaired) electrons. The summed E-state index contributed by atoms with van der Waals surface area (Å²) in [6.45, 7) is 5.80. The van der Waals surface area contributed by atoms with Crippen LogP contribution in [0.25, 0.3) is 0 Å². The molecule has 18 heavy (non-hydrogen) atoms. The van der Waals surface area contributed by atoms with E-state index in [0.29, 0.717) is 6.42 Å². The van der Waals surface area contributed by atoms with Crippen LogP contribution in [-0.2, 0) is 11.0 Å². The largest absolute Gasteiger partial charge is 0.416 e. The number of amides is 1. The first-order chi connectivity index (χ1) is 8.43. The lowest BCUT2D eigenvalue weighted by Crippen LogP contribution is -2.13. The molecular formula is C12H19F3N2O. The van der Waals surface area contributed by atoms with Gasteiger partial charge < -0.3 is 5.32 Å². The molecule has 0 spiro atoms. The molecule has 0 saturated carbocycles. The van der Waals surface area contributed by atoms with Crippen molar-refractivity contribution in [2.75, 3.05) is 5.32 Å². The minimum Gasteiger partial charge on any atom is -0.311 e. The first-order valence-electron chi connectivity index (χ1n) is 5.76. The van der Waals surface area contributed by atoms with Gasteiger partial charge in [0.25, 0.3) is 0 Å². The molecule has 6 heteroatoms. The average Bonchev–Trinajstić information content (AvgIpc) is 2.31. The second-order valence-electron chi connectivity index (χ2n) is 3.23. The van der Waals surface area contributed by atoms with Crippen molar-refractivity contribution in [1.82, 2.24) is 4.98 Å². The maximum Gasteiger partial charge on any atom is 0.416 e. The number of carbonyl (C=O) groups excluding carboxylic acids is 1. The number of aromatic nitrogens is 1. The summed E-state index contributed by atoms with van der Waals surface area (Å²) in [7, 11) is 0. The molecule has 1 aromatic heterocycles. The topological polar surface area (TPSA) is 42.0 Å². The highest BCUT2D eigenvalue weighted by molar-refractivity contribution is 5.89. The van der Waals surface area contributed by atoms with Gasteiger partial charge in [0.05, 0.1) is 5.56 Å². The van der Waals surface area contributed by atoms with Crippen molar-refractivity contribution in [3.63, 3.8) is 0 Å². The van der Waals surface area contributed by atoms with Gasteiger partial charge in [-0.2, -0.15) is 13.2 Å². The third-order valence-electron chi connectivity index (χ3n) is 1.83. The third kappa shape index (κ3) is 5.65. The number of halogens is 3. The molecule has 1 rings (SSSR count).